The number of rotatable bonds is 4. The minimum atomic E-state index is 0. The zero-order valence-electron chi connectivity index (χ0n) is 13.6. The molecule has 2 nitrogen and oxygen atoms in total. The van der Waals surface area contributed by atoms with Gasteiger partial charge in [0.05, 0.1) is 0 Å². The average Bonchev–Trinajstić information content (AvgIpc) is 2.33. The minimum Gasteiger partial charge on any atom is -0.326 e. The Morgan fingerprint density at radius 1 is 1.11 bits per heavy atom. The first kappa shape index (κ1) is 18.6. The number of hydrogen-bond donors (Lipinski definition) is 0. The molecule has 2 rings (SSSR count). The van der Waals surface area contributed by atoms with Crippen molar-refractivity contribution in [3.63, 3.8) is 0 Å². The van der Waals surface area contributed by atoms with Crippen molar-refractivity contribution in [2.45, 2.75) is 40.0 Å². The van der Waals surface area contributed by atoms with E-state index in [1.165, 1.54) is 58.5 Å². The normalized spacial score (nSPS) is 30.3. The molecule has 19 heavy (non-hydrogen) atoms. The van der Waals surface area contributed by atoms with Crippen LogP contribution in [0.2, 0.25) is 0 Å². The monoisotopic (exact) mass is 290 g/mol. The summed E-state index contributed by atoms with van der Waals surface area (Å²) in [4.78, 5) is 5.37. The van der Waals surface area contributed by atoms with Gasteiger partial charge in [-0.3, -0.25) is 0 Å². The summed E-state index contributed by atoms with van der Waals surface area (Å²) < 4.78 is 0. The van der Waals surface area contributed by atoms with Crippen molar-refractivity contribution in [1.82, 2.24) is 9.80 Å². The Morgan fingerprint density at radius 2 is 1.79 bits per heavy atom. The van der Waals surface area contributed by atoms with Gasteiger partial charge < -0.3 is 16.2 Å². The molecule has 106 valence electrons. The van der Waals surface area contributed by atoms with Crippen molar-refractivity contribution in [3.05, 3.63) is 6.42 Å². The fraction of sp³-hybridized carbons (Fsp3) is 0.938. The first-order valence-corrected chi connectivity index (χ1v) is 7.91. The fourth-order valence-electron chi connectivity index (χ4n) is 3.55. The zero-order chi connectivity index (χ0) is 13.0. The second-order valence-corrected chi connectivity index (χ2v) is 6.85. The smallest absolute Gasteiger partial charge is 0.326 e. The zero-order valence-corrected chi connectivity index (χ0v) is 16.7. The summed E-state index contributed by atoms with van der Waals surface area (Å²) in [6, 6.07) is 0. The minimum absolute atomic E-state index is 0. The van der Waals surface area contributed by atoms with Crippen LogP contribution in [0.15, 0.2) is 0 Å². The molecule has 2 heterocycles. The standard InChI is InChI=1S/C16H31N2.K/c1-14(2)11-18-10-7-16(15(3)12-18)13-17-8-5-4-6-9-17;/h4,14-16H,5-13H2,1-3H3;/q-1;+1. The number of hydrogen-bond acceptors (Lipinski definition) is 2. The van der Waals surface area contributed by atoms with Gasteiger partial charge in [-0.1, -0.05) is 20.8 Å². The van der Waals surface area contributed by atoms with Crippen molar-refractivity contribution in [1.29, 1.82) is 0 Å². The van der Waals surface area contributed by atoms with Gasteiger partial charge in [-0.15, -0.1) is 0 Å². The molecule has 3 heteroatoms. The summed E-state index contributed by atoms with van der Waals surface area (Å²) in [5, 5.41) is 0. The molecular formula is C16H31KN2. The molecule has 0 aliphatic carbocycles. The molecule has 2 atom stereocenters. The third-order valence-corrected chi connectivity index (χ3v) is 4.58. The van der Waals surface area contributed by atoms with Crippen LogP contribution in [0.25, 0.3) is 0 Å². The maximum Gasteiger partial charge on any atom is 1.00 e. The second kappa shape index (κ2) is 9.55. The van der Waals surface area contributed by atoms with Crippen molar-refractivity contribution >= 4 is 0 Å². The van der Waals surface area contributed by atoms with Gasteiger partial charge in [-0.2, -0.15) is 12.8 Å². The first-order chi connectivity index (χ1) is 8.65. The van der Waals surface area contributed by atoms with E-state index in [1.807, 2.05) is 0 Å². The predicted octanol–water partition coefficient (Wildman–Crippen LogP) is -0.0955. The summed E-state index contributed by atoms with van der Waals surface area (Å²) in [6.45, 7) is 15.0. The van der Waals surface area contributed by atoms with E-state index >= 15 is 0 Å². The van der Waals surface area contributed by atoms with Crippen molar-refractivity contribution in [3.8, 4) is 0 Å². The summed E-state index contributed by atoms with van der Waals surface area (Å²) >= 11 is 0. The van der Waals surface area contributed by atoms with Gasteiger partial charge in [0.1, 0.15) is 0 Å². The molecule has 0 radical (unpaired) electrons. The van der Waals surface area contributed by atoms with Crippen LogP contribution < -0.4 is 51.4 Å². The summed E-state index contributed by atoms with van der Waals surface area (Å²) in [5.74, 6) is 2.63. The number of piperidine rings is 2. The van der Waals surface area contributed by atoms with E-state index in [9.17, 15) is 0 Å². The molecule has 2 saturated heterocycles. The Bertz CT molecular complexity index is 239. The van der Waals surface area contributed by atoms with E-state index in [0.717, 1.165) is 17.8 Å². The van der Waals surface area contributed by atoms with Crippen molar-refractivity contribution in [2.75, 3.05) is 39.3 Å². The Balaban J connectivity index is 0.00000180. The van der Waals surface area contributed by atoms with Crippen LogP contribution in [0.4, 0.5) is 0 Å². The van der Waals surface area contributed by atoms with E-state index in [0.29, 0.717) is 0 Å². The SMILES string of the molecule is CC(C)CN1CCC(CN2CC[CH-]CC2)C(C)C1.[K+]. The molecule has 0 amide bonds. The summed E-state index contributed by atoms with van der Waals surface area (Å²) in [6.07, 6.45) is 6.47. The van der Waals surface area contributed by atoms with Crippen molar-refractivity contribution in [2.24, 2.45) is 17.8 Å². The van der Waals surface area contributed by atoms with Crippen LogP contribution in [0.3, 0.4) is 0 Å². The number of likely N-dealkylation sites (tertiary alicyclic amines) is 2. The third-order valence-electron chi connectivity index (χ3n) is 4.58. The van der Waals surface area contributed by atoms with E-state index in [1.54, 1.807) is 0 Å². The van der Waals surface area contributed by atoms with Gasteiger partial charge >= 0.3 is 51.4 Å². The van der Waals surface area contributed by atoms with Crippen LogP contribution in [-0.4, -0.2) is 49.1 Å². The largest absolute Gasteiger partial charge is 1.00 e. The molecule has 0 aromatic carbocycles. The molecule has 2 aliphatic rings. The Morgan fingerprint density at radius 3 is 2.37 bits per heavy atom. The van der Waals surface area contributed by atoms with Crippen LogP contribution in [0.5, 0.6) is 0 Å². The predicted molar refractivity (Wildman–Crippen MR) is 78.5 cm³/mol. The van der Waals surface area contributed by atoms with Crippen LogP contribution in [0, 0.1) is 24.2 Å². The molecule has 0 N–H and O–H groups in total. The van der Waals surface area contributed by atoms with Crippen molar-refractivity contribution < 1.29 is 51.4 Å². The summed E-state index contributed by atoms with van der Waals surface area (Å²) in [5.41, 5.74) is 0. The maximum absolute atomic E-state index is 2.69. The quantitative estimate of drug-likeness (QED) is 0.527. The molecule has 0 bridgehead atoms. The van der Waals surface area contributed by atoms with Gasteiger partial charge in [0, 0.05) is 19.6 Å². The van der Waals surface area contributed by atoms with Gasteiger partial charge in [-0.05, 0) is 43.8 Å². The second-order valence-electron chi connectivity index (χ2n) is 6.85. The maximum atomic E-state index is 2.69. The first-order valence-electron chi connectivity index (χ1n) is 7.91. The van der Waals surface area contributed by atoms with E-state index in [4.69, 9.17) is 0 Å². The Hall–Kier alpha value is 1.56. The Labute approximate surface area is 163 Å². The van der Waals surface area contributed by atoms with E-state index in [-0.39, 0.29) is 51.4 Å². The van der Waals surface area contributed by atoms with Gasteiger partial charge in [0.2, 0.25) is 0 Å². The molecular weight excluding hydrogens is 259 g/mol. The van der Waals surface area contributed by atoms with Gasteiger partial charge in [0.15, 0.2) is 0 Å². The molecule has 2 aliphatic heterocycles. The van der Waals surface area contributed by atoms with E-state index < -0.39 is 0 Å². The molecule has 0 aromatic heterocycles. The fourth-order valence-corrected chi connectivity index (χ4v) is 3.55. The van der Waals surface area contributed by atoms with Crippen LogP contribution >= 0.6 is 0 Å². The van der Waals surface area contributed by atoms with Gasteiger partial charge in [-0.25, -0.2) is 0 Å². The molecule has 0 saturated carbocycles. The van der Waals surface area contributed by atoms with Gasteiger partial charge in [0.25, 0.3) is 0 Å². The Kier molecular flexibility index (Phi) is 9.35. The average molecular weight is 291 g/mol. The molecule has 0 spiro atoms. The third kappa shape index (κ3) is 6.46. The van der Waals surface area contributed by atoms with Crippen LogP contribution in [0.1, 0.15) is 40.0 Å². The topological polar surface area (TPSA) is 6.48 Å². The molecule has 2 unspecified atom stereocenters. The molecule has 2 fully saturated rings. The molecule has 0 aromatic rings. The summed E-state index contributed by atoms with van der Waals surface area (Å²) in [7, 11) is 0. The van der Waals surface area contributed by atoms with Crippen LogP contribution in [-0.2, 0) is 0 Å². The number of nitrogens with zero attached hydrogens (tertiary/aromatic N) is 2. The van der Waals surface area contributed by atoms with E-state index in [2.05, 4.69) is 37.0 Å².